The van der Waals surface area contributed by atoms with Crippen LogP contribution in [0.3, 0.4) is 0 Å². The van der Waals surface area contributed by atoms with E-state index in [9.17, 15) is 8.42 Å². The lowest BCUT2D eigenvalue weighted by atomic mass is 10.1. The van der Waals surface area contributed by atoms with Gasteiger partial charge in [-0.2, -0.15) is 0 Å². The van der Waals surface area contributed by atoms with Gasteiger partial charge in [0.25, 0.3) is 0 Å². The topological polar surface area (TPSA) is 91.0 Å². The number of hydrogen-bond acceptors (Lipinski definition) is 6. The minimum absolute atomic E-state index is 0.159. The van der Waals surface area contributed by atoms with E-state index in [4.69, 9.17) is 9.52 Å². The number of guanidine groups is 1. The van der Waals surface area contributed by atoms with Crippen LogP contribution in [-0.2, 0) is 16.4 Å². The van der Waals surface area contributed by atoms with Crippen LogP contribution in [-0.4, -0.2) is 80.1 Å². The molecule has 0 aromatic carbocycles. The molecule has 0 bridgehead atoms. The Labute approximate surface area is 149 Å². The average Bonchev–Trinajstić information content (AvgIpc) is 3.21. The van der Waals surface area contributed by atoms with Gasteiger partial charge in [-0.1, -0.05) is 5.16 Å². The van der Waals surface area contributed by atoms with Crippen molar-refractivity contribution in [3.8, 4) is 0 Å². The highest BCUT2D eigenvalue weighted by atomic mass is 32.2. The number of piperazine rings is 1. The first-order chi connectivity index (χ1) is 12.1. The third-order valence-electron chi connectivity index (χ3n) is 4.71. The molecule has 0 aliphatic carbocycles. The van der Waals surface area contributed by atoms with Gasteiger partial charge in [-0.3, -0.25) is 9.89 Å². The summed E-state index contributed by atoms with van der Waals surface area (Å²) in [5, 5.41) is 7.30. The molecule has 0 spiro atoms. The van der Waals surface area contributed by atoms with Crippen molar-refractivity contribution in [1.29, 1.82) is 0 Å². The number of aromatic nitrogens is 1. The molecular weight excluding hydrogens is 342 g/mol. The van der Waals surface area contributed by atoms with Gasteiger partial charge < -0.3 is 14.7 Å². The summed E-state index contributed by atoms with van der Waals surface area (Å²) in [6.45, 7) is 7.92. The Morgan fingerprint density at radius 1 is 1.40 bits per heavy atom. The van der Waals surface area contributed by atoms with Gasteiger partial charge in [0.05, 0.1) is 17.2 Å². The number of nitrogens with zero attached hydrogens (tertiary/aromatic N) is 4. The zero-order valence-electron chi connectivity index (χ0n) is 14.7. The summed E-state index contributed by atoms with van der Waals surface area (Å²) in [4.78, 5) is 9.31. The Morgan fingerprint density at radius 3 is 2.80 bits per heavy atom. The van der Waals surface area contributed by atoms with E-state index in [1.807, 2.05) is 6.07 Å². The van der Waals surface area contributed by atoms with E-state index in [-0.39, 0.29) is 11.7 Å². The lowest BCUT2D eigenvalue weighted by molar-refractivity contribution is 0.169. The normalized spacial score (nSPS) is 24.6. The molecule has 8 nitrogen and oxygen atoms in total. The highest BCUT2D eigenvalue weighted by molar-refractivity contribution is 7.91. The highest BCUT2D eigenvalue weighted by Crippen LogP contribution is 2.18. The Balaban J connectivity index is 1.52. The number of rotatable bonds is 5. The highest BCUT2D eigenvalue weighted by Gasteiger charge is 2.28. The van der Waals surface area contributed by atoms with Crippen LogP contribution >= 0.6 is 0 Å². The Morgan fingerprint density at radius 2 is 2.20 bits per heavy atom. The average molecular weight is 369 g/mol. The molecule has 1 atom stereocenters. The van der Waals surface area contributed by atoms with Gasteiger partial charge in [0.1, 0.15) is 6.26 Å². The predicted octanol–water partition coefficient (Wildman–Crippen LogP) is 0.192. The maximum Gasteiger partial charge on any atom is 0.194 e. The molecule has 3 heterocycles. The van der Waals surface area contributed by atoms with Gasteiger partial charge >= 0.3 is 0 Å². The molecule has 2 aliphatic rings. The van der Waals surface area contributed by atoms with E-state index in [0.717, 1.165) is 57.3 Å². The fourth-order valence-corrected chi connectivity index (χ4v) is 5.17. The second-order valence-corrected chi connectivity index (χ2v) is 8.95. The number of hydrogen-bond donors (Lipinski definition) is 1. The third-order valence-corrected chi connectivity index (χ3v) is 6.55. The van der Waals surface area contributed by atoms with Crippen molar-refractivity contribution in [3.63, 3.8) is 0 Å². The van der Waals surface area contributed by atoms with Crippen LogP contribution in [0.5, 0.6) is 0 Å². The Hall–Kier alpha value is -1.61. The van der Waals surface area contributed by atoms with Crippen molar-refractivity contribution in [2.45, 2.75) is 19.9 Å². The Kier molecular flexibility index (Phi) is 5.95. The molecule has 2 saturated heterocycles. The molecule has 140 valence electrons. The summed E-state index contributed by atoms with van der Waals surface area (Å²) in [5.41, 5.74) is 0.955. The van der Waals surface area contributed by atoms with Crippen molar-refractivity contribution in [3.05, 3.63) is 18.0 Å². The summed E-state index contributed by atoms with van der Waals surface area (Å²) in [5.74, 6) is 1.64. The Bertz CT molecular complexity index is 666. The maximum atomic E-state index is 11.6. The molecule has 0 amide bonds. The molecule has 1 N–H and O–H groups in total. The fourth-order valence-electron chi connectivity index (χ4n) is 3.32. The monoisotopic (exact) mass is 369 g/mol. The molecule has 0 saturated carbocycles. The van der Waals surface area contributed by atoms with Gasteiger partial charge in [0, 0.05) is 51.9 Å². The van der Waals surface area contributed by atoms with E-state index in [1.165, 1.54) is 0 Å². The van der Waals surface area contributed by atoms with Crippen LogP contribution in [0, 0.1) is 5.92 Å². The SMILES string of the molecule is CCNC(=NCC1CCS(=O)(=O)C1)N1CCN(Cc2ccon2)CC1. The molecule has 0 radical (unpaired) electrons. The van der Waals surface area contributed by atoms with Crippen LogP contribution in [0.1, 0.15) is 19.0 Å². The first-order valence-electron chi connectivity index (χ1n) is 8.91. The summed E-state index contributed by atoms with van der Waals surface area (Å²) in [6, 6.07) is 1.90. The number of nitrogens with one attached hydrogen (secondary N) is 1. The predicted molar refractivity (Wildman–Crippen MR) is 96.1 cm³/mol. The van der Waals surface area contributed by atoms with Crippen molar-refractivity contribution in [1.82, 2.24) is 20.3 Å². The van der Waals surface area contributed by atoms with E-state index in [2.05, 4.69) is 27.2 Å². The van der Waals surface area contributed by atoms with Crippen LogP contribution in [0.25, 0.3) is 0 Å². The third kappa shape index (κ3) is 5.18. The molecular formula is C16H27N5O3S. The zero-order valence-corrected chi connectivity index (χ0v) is 15.5. The standard InChI is InChI=1S/C16H27N5O3S/c1-2-17-16(18-11-14-4-10-25(22,23)13-14)21-7-5-20(6-8-21)12-15-3-9-24-19-15/h3,9,14H,2,4-8,10-13H2,1H3,(H,17,18). The molecule has 1 aromatic heterocycles. The first-order valence-corrected chi connectivity index (χ1v) is 10.7. The second-order valence-electron chi connectivity index (χ2n) is 6.72. The van der Waals surface area contributed by atoms with E-state index < -0.39 is 9.84 Å². The van der Waals surface area contributed by atoms with Crippen LogP contribution < -0.4 is 5.32 Å². The molecule has 9 heteroatoms. The minimum Gasteiger partial charge on any atom is -0.364 e. The number of aliphatic imine (C=N–C) groups is 1. The molecule has 2 fully saturated rings. The molecule has 1 unspecified atom stereocenters. The van der Waals surface area contributed by atoms with Crippen molar-refractivity contribution in [2.24, 2.45) is 10.9 Å². The van der Waals surface area contributed by atoms with E-state index in [0.29, 0.717) is 12.3 Å². The van der Waals surface area contributed by atoms with Gasteiger partial charge in [0.2, 0.25) is 0 Å². The van der Waals surface area contributed by atoms with Crippen molar-refractivity contribution < 1.29 is 12.9 Å². The largest absolute Gasteiger partial charge is 0.364 e. The van der Waals surface area contributed by atoms with Crippen LogP contribution in [0.15, 0.2) is 21.8 Å². The summed E-state index contributed by atoms with van der Waals surface area (Å²) < 4.78 is 28.1. The fraction of sp³-hybridized carbons (Fsp3) is 0.750. The molecule has 25 heavy (non-hydrogen) atoms. The summed E-state index contributed by atoms with van der Waals surface area (Å²) in [6.07, 6.45) is 2.33. The first kappa shape index (κ1) is 18.2. The van der Waals surface area contributed by atoms with Gasteiger partial charge in [0.15, 0.2) is 15.8 Å². The molecule has 2 aliphatic heterocycles. The van der Waals surface area contributed by atoms with Gasteiger partial charge in [-0.15, -0.1) is 0 Å². The van der Waals surface area contributed by atoms with Crippen molar-refractivity contribution >= 4 is 15.8 Å². The zero-order chi connectivity index (χ0) is 17.7. The van der Waals surface area contributed by atoms with Gasteiger partial charge in [-0.05, 0) is 19.3 Å². The maximum absolute atomic E-state index is 11.6. The quantitative estimate of drug-likeness (QED) is 0.585. The summed E-state index contributed by atoms with van der Waals surface area (Å²) >= 11 is 0. The molecule has 3 rings (SSSR count). The molecule has 1 aromatic rings. The smallest absolute Gasteiger partial charge is 0.194 e. The minimum atomic E-state index is -2.84. The second kappa shape index (κ2) is 8.18. The lowest BCUT2D eigenvalue weighted by Crippen LogP contribution is -2.52. The van der Waals surface area contributed by atoms with Gasteiger partial charge in [-0.25, -0.2) is 8.42 Å². The summed E-state index contributed by atoms with van der Waals surface area (Å²) in [7, 11) is -2.84. The van der Waals surface area contributed by atoms with E-state index >= 15 is 0 Å². The van der Waals surface area contributed by atoms with E-state index in [1.54, 1.807) is 6.26 Å². The number of sulfone groups is 1. The van der Waals surface area contributed by atoms with Crippen molar-refractivity contribution in [2.75, 3.05) is 50.8 Å². The lowest BCUT2D eigenvalue weighted by Gasteiger charge is -2.36. The van der Waals surface area contributed by atoms with Crippen LogP contribution in [0.4, 0.5) is 0 Å². The van der Waals surface area contributed by atoms with Crippen LogP contribution in [0.2, 0.25) is 0 Å².